The van der Waals surface area contributed by atoms with E-state index in [-0.39, 0.29) is 6.10 Å². The first kappa shape index (κ1) is 13.1. The number of carbonyl (C=O) groups is 1. The van der Waals surface area contributed by atoms with Crippen LogP contribution in [-0.4, -0.2) is 36.3 Å². The average molecular weight is 341 g/mol. The first-order valence-electron chi connectivity index (χ1n) is 5.03. The maximum Gasteiger partial charge on any atom is 0.407 e. The van der Waals surface area contributed by atoms with Crippen LogP contribution in [0.5, 0.6) is 0 Å². The molecule has 0 aromatic carbocycles. The Labute approximate surface area is 116 Å². The largest absolute Gasteiger partial charge is 0.465 e. The number of fused-ring (bicyclic) bond motifs is 1. The van der Waals surface area contributed by atoms with Crippen molar-refractivity contribution in [1.82, 2.24) is 4.90 Å². The van der Waals surface area contributed by atoms with Crippen molar-refractivity contribution in [3.8, 4) is 0 Å². The Hall–Kier alpha value is -0.300. The summed E-state index contributed by atoms with van der Waals surface area (Å²) in [5.74, 6) is 0. The van der Waals surface area contributed by atoms with Crippen LogP contribution in [0.25, 0.3) is 0 Å². The van der Waals surface area contributed by atoms with E-state index >= 15 is 0 Å². The minimum absolute atomic E-state index is 0.214. The molecule has 0 spiro atoms. The normalized spacial score (nSPS) is 18.9. The Balaban J connectivity index is 2.23. The Kier molecular flexibility index (Phi) is 3.97. The molecule has 1 aliphatic heterocycles. The molecule has 2 heterocycles. The summed E-state index contributed by atoms with van der Waals surface area (Å²) < 4.78 is 6.51. The van der Waals surface area contributed by atoms with Crippen molar-refractivity contribution in [2.75, 3.05) is 20.2 Å². The van der Waals surface area contributed by atoms with Gasteiger partial charge in [0, 0.05) is 11.9 Å². The molecule has 0 fully saturated rings. The van der Waals surface area contributed by atoms with Crippen molar-refractivity contribution < 1.29 is 14.6 Å². The second-order valence-electron chi connectivity index (χ2n) is 3.81. The molecule has 1 N–H and O–H groups in total. The summed E-state index contributed by atoms with van der Waals surface area (Å²) in [5, 5.41) is 9.59. The second kappa shape index (κ2) is 5.14. The topological polar surface area (TPSA) is 49.8 Å². The Morgan fingerprint density at radius 1 is 1.76 bits per heavy atom. The van der Waals surface area contributed by atoms with Gasteiger partial charge in [-0.05, 0) is 27.9 Å². The molecule has 0 saturated heterocycles. The number of rotatable bonds is 2. The SMILES string of the molecule is CN(CC1OCCc2c1sc(Br)c2Cl)C(=O)O. The van der Waals surface area contributed by atoms with Crippen LogP contribution in [0.3, 0.4) is 0 Å². The smallest absolute Gasteiger partial charge is 0.407 e. The molecule has 7 heteroatoms. The van der Waals surface area contributed by atoms with E-state index in [4.69, 9.17) is 21.4 Å². The van der Waals surface area contributed by atoms with Crippen molar-refractivity contribution in [1.29, 1.82) is 0 Å². The van der Waals surface area contributed by atoms with Crippen LogP contribution in [0, 0.1) is 0 Å². The predicted molar refractivity (Wildman–Crippen MR) is 70.1 cm³/mol. The summed E-state index contributed by atoms with van der Waals surface area (Å²) in [7, 11) is 1.53. The highest BCUT2D eigenvalue weighted by Gasteiger charge is 2.28. The van der Waals surface area contributed by atoms with Crippen LogP contribution in [0.15, 0.2) is 3.79 Å². The van der Waals surface area contributed by atoms with Gasteiger partial charge in [-0.1, -0.05) is 11.6 Å². The third-order valence-electron chi connectivity index (χ3n) is 2.66. The average Bonchev–Trinajstić information content (AvgIpc) is 2.57. The highest BCUT2D eigenvalue weighted by atomic mass is 79.9. The highest BCUT2D eigenvalue weighted by Crippen LogP contribution is 2.43. The van der Waals surface area contributed by atoms with E-state index in [0.717, 1.165) is 25.7 Å². The van der Waals surface area contributed by atoms with Gasteiger partial charge in [-0.25, -0.2) is 4.79 Å². The molecule has 4 nitrogen and oxygen atoms in total. The molecule has 1 amide bonds. The Morgan fingerprint density at radius 3 is 3.12 bits per heavy atom. The van der Waals surface area contributed by atoms with E-state index in [2.05, 4.69) is 15.9 Å². The van der Waals surface area contributed by atoms with Gasteiger partial charge in [-0.2, -0.15) is 0 Å². The van der Waals surface area contributed by atoms with E-state index in [1.807, 2.05) is 0 Å². The van der Waals surface area contributed by atoms with E-state index in [9.17, 15) is 4.79 Å². The number of ether oxygens (including phenoxy) is 1. The van der Waals surface area contributed by atoms with Gasteiger partial charge in [0.15, 0.2) is 0 Å². The standard InChI is InChI=1S/C10H11BrClNO3S/c1-13(10(14)15)4-6-8-5(2-3-16-6)7(12)9(11)17-8/h6H,2-4H2,1H3,(H,14,15). The first-order chi connectivity index (χ1) is 8.00. The Bertz CT molecular complexity index is 451. The fourth-order valence-electron chi connectivity index (χ4n) is 1.76. The molecule has 1 aromatic heterocycles. The molecular formula is C10H11BrClNO3S. The van der Waals surface area contributed by atoms with Gasteiger partial charge in [-0.3, -0.25) is 0 Å². The minimum atomic E-state index is -0.956. The third-order valence-corrected chi connectivity index (χ3v) is 5.42. The number of nitrogens with zero attached hydrogens (tertiary/aromatic N) is 1. The Morgan fingerprint density at radius 2 is 2.47 bits per heavy atom. The molecule has 0 aliphatic carbocycles. The number of halogens is 2. The third kappa shape index (κ3) is 2.59. The van der Waals surface area contributed by atoms with E-state index in [1.165, 1.54) is 23.3 Å². The number of carboxylic acid groups (broad SMARTS) is 1. The minimum Gasteiger partial charge on any atom is -0.465 e. The summed E-state index contributed by atoms with van der Waals surface area (Å²) in [6.07, 6.45) is -0.389. The number of thiophene rings is 1. The molecule has 1 unspecified atom stereocenters. The van der Waals surface area contributed by atoms with Crippen molar-refractivity contribution in [3.63, 3.8) is 0 Å². The van der Waals surface area contributed by atoms with Gasteiger partial charge < -0.3 is 14.7 Å². The number of hydrogen-bond donors (Lipinski definition) is 1. The molecular weight excluding hydrogens is 330 g/mol. The molecule has 94 valence electrons. The molecule has 0 saturated carbocycles. The summed E-state index contributed by atoms with van der Waals surface area (Å²) in [6.45, 7) is 0.902. The van der Waals surface area contributed by atoms with Crippen molar-refractivity contribution in [2.45, 2.75) is 12.5 Å². The number of amides is 1. The number of hydrogen-bond acceptors (Lipinski definition) is 3. The van der Waals surface area contributed by atoms with Crippen LogP contribution in [0.4, 0.5) is 4.79 Å². The monoisotopic (exact) mass is 339 g/mol. The van der Waals surface area contributed by atoms with E-state index < -0.39 is 6.09 Å². The van der Waals surface area contributed by atoms with Gasteiger partial charge in [-0.15, -0.1) is 11.3 Å². The van der Waals surface area contributed by atoms with Crippen molar-refractivity contribution in [3.05, 3.63) is 19.2 Å². The second-order valence-corrected chi connectivity index (χ2v) is 6.55. The summed E-state index contributed by atoms with van der Waals surface area (Å²) >= 11 is 11.1. The molecule has 0 radical (unpaired) electrons. The lowest BCUT2D eigenvalue weighted by atomic mass is 10.1. The summed E-state index contributed by atoms with van der Waals surface area (Å²) in [4.78, 5) is 13.0. The van der Waals surface area contributed by atoms with Crippen LogP contribution in [-0.2, 0) is 11.2 Å². The van der Waals surface area contributed by atoms with Crippen LogP contribution in [0.2, 0.25) is 5.02 Å². The zero-order valence-corrected chi connectivity index (χ0v) is 12.2. The number of likely N-dealkylation sites (N-methyl/N-ethyl adjacent to an activating group) is 1. The van der Waals surface area contributed by atoms with Crippen LogP contribution in [0.1, 0.15) is 16.5 Å². The van der Waals surface area contributed by atoms with Gasteiger partial charge in [0.2, 0.25) is 0 Å². The maximum atomic E-state index is 10.8. The van der Waals surface area contributed by atoms with Crippen LogP contribution < -0.4 is 0 Å². The highest BCUT2D eigenvalue weighted by molar-refractivity contribution is 9.11. The van der Waals surface area contributed by atoms with Gasteiger partial charge in [0.25, 0.3) is 0 Å². The lowest BCUT2D eigenvalue weighted by Gasteiger charge is -2.26. The first-order valence-corrected chi connectivity index (χ1v) is 7.01. The molecule has 1 aliphatic rings. The predicted octanol–water partition coefficient (Wildman–Crippen LogP) is 3.39. The van der Waals surface area contributed by atoms with Crippen molar-refractivity contribution >= 4 is 45.0 Å². The molecule has 1 aromatic rings. The van der Waals surface area contributed by atoms with Crippen LogP contribution >= 0.6 is 38.9 Å². The molecule has 17 heavy (non-hydrogen) atoms. The lowest BCUT2D eigenvalue weighted by molar-refractivity contribution is 0.0251. The summed E-state index contributed by atoms with van der Waals surface area (Å²) in [5.41, 5.74) is 1.08. The van der Waals surface area contributed by atoms with E-state index in [0.29, 0.717) is 13.2 Å². The fraction of sp³-hybridized carbons (Fsp3) is 0.500. The molecule has 0 bridgehead atoms. The fourth-order valence-corrected chi connectivity index (χ4v) is 3.90. The lowest BCUT2D eigenvalue weighted by Crippen LogP contribution is -2.32. The van der Waals surface area contributed by atoms with Gasteiger partial charge in [0.05, 0.1) is 22.0 Å². The van der Waals surface area contributed by atoms with Crippen molar-refractivity contribution in [2.24, 2.45) is 0 Å². The summed E-state index contributed by atoms with van der Waals surface area (Å²) in [6, 6.07) is 0. The zero-order chi connectivity index (χ0) is 12.6. The zero-order valence-electron chi connectivity index (χ0n) is 9.07. The maximum absolute atomic E-state index is 10.8. The van der Waals surface area contributed by atoms with Gasteiger partial charge in [0.1, 0.15) is 6.10 Å². The van der Waals surface area contributed by atoms with Gasteiger partial charge >= 0.3 is 6.09 Å². The van der Waals surface area contributed by atoms with E-state index in [1.54, 1.807) is 0 Å². The molecule has 1 atom stereocenters. The quantitative estimate of drug-likeness (QED) is 0.898. The molecule has 2 rings (SSSR count).